The zero-order valence-electron chi connectivity index (χ0n) is 12.8. The van der Waals surface area contributed by atoms with Crippen LogP contribution in [0.3, 0.4) is 0 Å². The standard InChI is InChI=1S/C15H26N4O/c1-4-8-19-11-7-17-14(15(19)20)18-9-5-13(6-10-18)12(2)16-3/h7,11-13,16H,4-6,8-10H2,1-3H3. The summed E-state index contributed by atoms with van der Waals surface area (Å²) in [5.41, 5.74) is 0.0504. The Balaban J connectivity index is 2.07. The Morgan fingerprint density at radius 3 is 2.75 bits per heavy atom. The second-order valence-corrected chi connectivity index (χ2v) is 5.65. The van der Waals surface area contributed by atoms with Gasteiger partial charge in [-0.05, 0) is 39.2 Å². The molecule has 0 aliphatic carbocycles. The lowest BCUT2D eigenvalue weighted by Crippen LogP contribution is -2.43. The van der Waals surface area contributed by atoms with Gasteiger partial charge in [0.25, 0.3) is 5.56 Å². The lowest BCUT2D eigenvalue weighted by atomic mass is 9.90. The summed E-state index contributed by atoms with van der Waals surface area (Å²) >= 11 is 0. The van der Waals surface area contributed by atoms with Crippen LogP contribution >= 0.6 is 0 Å². The third-order valence-electron chi connectivity index (χ3n) is 4.36. The molecule has 5 heteroatoms. The average molecular weight is 278 g/mol. The molecular weight excluding hydrogens is 252 g/mol. The molecule has 0 radical (unpaired) electrons. The van der Waals surface area contributed by atoms with Gasteiger partial charge in [-0.15, -0.1) is 0 Å². The average Bonchev–Trinajstić information content (AvgIpc) is 2.49. The van der Waals surface area contributed by atoms with Crippen LogP contribution in [0.4, 0.5) is 5.82 Å². The fraction of sp³-hybridized carbons (Fsp3) is 0.733. The Bertz CT molecular complexity index is 477. The first-order valence-electron chi connectivity index (χ1n) is 7.65. The molecule has 1 N–H and O–H groups in total. The van der Waals surface area contributed by atoms with E-state index in [0.717, 1.165) is 38.9 Å². The van der Waals surface area contributed by atoms with Crippen LogP contribution in [0.25, 0.3) is 0 Å². The van der Waals surface area contributed by atoms with E-state index < -0.39 is 0 Å². The van der Waals surface area contributed by atoms with Gasteiger partial charge in [-0.25, -0.2) is 4.98 Å². The van der Waals surface area contributed by atoms with Crippen molar-refractivity contribution in [3.8, 4) is 0 Å². The van der Waals surface area contributed by atoms with Crippen LogP contribution < -0.4 is 15.8 Å². The number of hydrogen-bond donors (Lipinski definition) is 1. The highest BCUT2D eigenvalue weighted by Gasteiger charge is 2.25. The van der Waals surface area contributed by atoms with Crippen molar-refractivity contribution in [3.63, 3.8) is 0 Å². The molecule has 2 rings (SSSR count). The third-order valence-corrected chi connectivity index (χ3v) is 4.36. The molecular formula is C15H26N4O. The van der Waals surface area contributed by atoms with Crippen LogP contribution in [-0.4, -0.2) is 35.7 Å². The van der Waals surface area contributed by atoms with Crippen LogP contribution in [0.15, 0.2) is 17.2 Å². The Hall–Kier alpha value is -1.36. The molecule has 5 nitrogen and oxygen atoms in total. The van der Waals surface area contributed by atoms with Crippen LogP contribution in [0.5, 0.6) is 0 Å². The molecule has 1 saturated heterocycles. The summed E-state index contributed by atoms with van der Waals surface area (Å²) in [5, 5.41) is 3.33. The number of anilines is 1. The minimum Gasteiger partial charge on any atom is -0.352 e. The Labute approximate surface area is 121 Å². The highest BCUT2D eigenvalue weighted by Crippen LogP contribution is 2.22. The molecule has 0 aromatic carbocycles. The van der Waals surface area contributed by atoms with E-state index in [1.54, 1.807) is 17.0 Å². The minimum atomic E-state index is 0.0504. The molecule has 0 bridgehead atoms. The van der Waals surface area contributed by atoms with Crippen molar-refractivity contribution in [2.75, 3.05) is 25.0 Å². The smallest absolute Gasteiger partial charge is 0.293 e. The summed E-state index contributed by atoms with van der Waals surface area (Å²) in [6.45, 7) is 6.93. The number of hydrogen-bond acceptors (Lipinski definition) is 4. The Morgan fingerprint density at radius 2 is 2.15 bits per heavy atom. The number of nitrogens with one attached hydrogen (secondary N) is 1. The van der Waals surface area contributed by atoms with Crippen molar-refractivity contribution in [3.05, 3.63) is 22.7 Å². The molecule has 2 heterocycles. The number of piperidine rings is 1. The maximum absolute atomic E-state index is 12.4. The highest BCUT2D eigenvalue weighted by molar-refractivity contribution is 5.36. The first kappa shape index (κ1) is 15.0. The quantitative estimate of drug-likeness (QED) is 0.886. The van der Waals surface area contributed by atoms with Gasteiger partial charge in [-0.1, -0.05) is 6.92 Å². The van der Waals surface area contributed by atoms with Crippen molar-refractivity contribution in [2.45, 2.75) is 45.7 Å². The topological polar surface area (TPSA) is 50.2 Å². The molecule has 1 aromatic heterocycles. The fourth-order valence-corrected chi connectivity index (χ4v) is 2.92. The van der Waals surface area contributed by atoms with Crippen LogP contribution in [0.1, 0.15) is 33.1 Å². The normalized spacial score (nSPS) is 18.2. The van der Waals surface area contributed by atoms with E-state index in [4.69, 9.17) is 0 Å². The van der Waals surface area contributed by atoms with E-state index in [1.165, 1.54) is 0 Å². The Morgan fingerprint density at radius 1 is 1.45 bits per heavy atom. The van der Waals surface area contributed by atoms with Crippen LogP contribution in [-0.2, 0) is 6.54 Å². The van der Waals surface area contributed by atoms with Gasteiger partial charge < -0.3 is 14.8 Å². The Kier molecular flexibility index (Phi) is 5.17. The molecule has 1 unspecified atom stereocenters. The molecule has 1 aliphatic rings. The van der Waals surface area contributed by atoms with Crippen molar-refractivity contribution in [1.29, 1.82) is 0 Å². The second kappa shape index (κ2) is 6.88. The number of rotatable bonds is 5. The van der Waals surface area contributed by atoms with E-state index in [-0.39, 0.29) is 5.56 Å². The summed E-state index contributed by atoms with van der Waals surface area (Å²) in [5.74, 6) is 1.31. The molecule has 20 heavy (non-hydrogen) atoms. The lowest BCUT2D eigenvalue weighted by Gasteiger charge is -2.35. The van der Waals surface area contributed by atoms with Gasteiger partial charge in [0.05, 0.1) is 0 Å². The molecule has 1 fully saturated rings. The summed E-state index contributed by atoms with van der Waals surface area (Å²) < 4.78 is 1.77. The maximum Gasteiger partial charge on any atom is 0.293 e. The lowest BCUT2D eigenvalue weighted by molar-refractivity contribution is 0.322. The van der Waals surface area contributed by atoms with E-state index >= 15 is 0 Å². The highest BCUT2D eigenvalue weighted by atomic mass is 16.1. The zero-order chi connectivity index (χ0) is 14.5. The van der Waals surface area contributed by atoms with Gasteiger partial charge >= 0.3 is 0 Å². The molecule has 112 valence electrons. The van der Waals surface area contributed by atoms with E-state index in [9.17, 15) is 4.79 Å². The summed E-state index contributed by atoms with van der Waals surface area (Å²) in [6.07, 6.45) is 6.72. The number of aryl methyl sites for hydroxylation is 1. The van der Waals surface area contributed by atoms with Crippen LogP contribution in [0, 0.1) is 5.92 Å². The molecule has 0 amide bonds. The molecule has 1 aromatic rings. The predicted molar refractivity (Wildman–Crippen MR) is 82.2 cm³/mol. The maximum atomic E-state index is 12.4. The summed E-state index contributed by atoms with van der Waals surface area (Å²) in [6, 6.07) is 0.539. The van der Waals surface area contributed by atoms with Gasteiger partial charge in [0, 0.05) is 38.1 Å². The fourth-order valence-electron chi connectivity index (χ4n) is 2.92. The van der Waals surface area contributed by atoms with Gasteiger partial charge in [0.15, 0.2) is 5.82 Å². The van der Waals surface area contributed by atoms with Crippen molar-refractivity contribution < 1.29 is 0 Å². The molecule has 1 aliphatic heterocycles. The minimum absolute atomic E-state index is 0.0504. The van der Waals surface area contributed by atoms with Gasteiger partial charge in [-0.2, -0.15) is 0 Å². The molecule has 1 atom stereocenters. The van der Waals surface area contributed by atoms with E-state index in [2.05, 4.69) is 29.0 Å². The van der Waals surface area contributed by atoms with Gasteiger partial charge in [-0.3, -0.25) is 4.79 Å². The zero-order valence-corrected chi connectivity index (χ0v) is 12.8. The first-order chi connectivity index (χ1) is 9.67. The largest absolute Gasteiger partial charge is 0.352 e. The number of nitrogens with zero attached hydrogens (tertiary/aromatic N) is 3. The summed E-state index contributed by atoms with van der Waals surface area (Å²) in [7, 11) is 2.01. The second-order valence-electron chi connectivity index (χ2n) is 5.65. The van der Waals surface area contributed by atoms with Gasteiger partial charge in [0.2, 0.25) is 0 Å². The SMILES string of the molecule is CCCn1ccnc(N2CCC(C(C)NC)CC2)c1=O. The first-order valence-corrected chi connectivity index (χ1v) is 7.65. The van der Waals surface area contributed by atoms with Crippen molar-refractivity contribution in [1.82, 2.24) is 14.9 Å². The summed E-state index contributed by atoms with van der Waals surface area (Å²) in [4.78, 5) is 18.8. The van der Waals surface area contributed by atoms with Crippen molar-refractivity contribution in [2.24, 2.45) is 5.92 Å². The predicted octanol–water partition coefficient (Wildman–Crippen LogP) is 1.48. The third kappa shape index (κ3) is 3.20. The van der Waals surface area contributed by atoms with Crippen LogP contribution in [0.2, 0.25) is 0 Å². The number of aromatic nitrogens is 2. The van der Waals surface area contributed by atoms with Gasteiger partial charge in [0.1, 0.15) is 0 Å². The van der Waals surface area contributed by atoms with E-state index in [1.807, 2.05) is 7.05 Å². The monoisotopic (exact) mass is 278 g/mol. The molecule has 0 spiro atoms. The van der Waals surface area contributed by atoms with Crippen molar-refractivity contribution >= 4 is 5.82 Å². The molecule has 0 saturated carbocycles. The van der Waals surface area contributed by atoms with E-state index in [0.29, 0.717) is 17.8 Å².